The number of hydrogen-bond acceptors (Lipinski definition) is 2. The van der Waals surface area contributed by atoms with Crippen LogP contribution in [0.4, 0.5) is 5.69 Å². The predicted molar refractivity (Wildman–Crippen MR) is 89.9 cm³/mol. The van der Waals surface area contributed by atoms with Gasteiger partial charge in [-0.05, 0) is 42.7 Å². The number of thiazole rings is 1. The first kappa shape index (κ1) is 13.8. The molecule has 0 atom stereocenters. The highest BCUT2D eigenvalue weighted by Gasteiger charge is 2.04. The van der Waals surface area contributed by atoms with E-state index in [1.54, 1.807) is 11.3 Å². The van der Waals surface area contributed by atoms with Crippen LogP contribution in [-0.4, -0.2) is 4.57 Å². The number of nitrogens with zero attached hydrogens (tertiary/aromatic N) is 2. The Bertz CT molecular complexity index is 826. The van der Waals surface area contributed by atoms with Crippen molar-refractivity contribution in [1.82, 2.24) is 4.57 Å². The van der Waals surface area contributed by atoms with Crippen molar-refractivity contribution in [2.75, 3.05) is 0 Å². The van der Waals surface area contributed by atoms with Crippen LogP contribution in [0.3, 0.4) is 0 Å². The summed E-state index contributed by atoms with van der Waals surface area (Å²) in [5.41, 5.74) is 6.00. The maximum atomic E-state index is 4.77. The van der Waals surface area contributed by atoms with Gasteiger partial charge in [-0.15, -0.1) is 11.3 Å². The SMILES string of the molecule is Cc1ccc(N=c2scc(-c3ccccc3)n2C)cc1C. The molecule has 21 heavy (non-hydrogen) atoms. The van der Waals surface area contributed by atoms with Gasteiger partial charge in [-0.2, -0.15) is 0 Å². The fraction of sp³-hybridized carbons (Fsp3) is 0.167. The van der Waals surface area contributed by atoms with Gasteiger partial charge in [0, 0.05) is 12.4 Å². The van der Waals surface area contributed by atoms with Crippen molar-refractivity contribution in [1.29, 1.82) is 0 Å². The van der Waals surface area contributed by atoms with E-state index in [4.69, 9.17) is 4.99 Å². The summed E-state index contributed by atoms with van der Waals surface area (Å²) in [5.74, 6) is 0. The third-order valence-corrected chi connectivity index (χ3v) is 4.63. The molecule has 1 heterocycles. The Morgan fingerprint density at radius 3 is 2.43 bits per heavy atom. The molecule has 0 bridgehead atoms. The molecule has 0 aliphatic carbocycles. The Morgan fingerprint density at radius 1 is 0.952 bits per heavy atom. The molecule has 0 fully saturated rings. The lowest BCUT2D eigenvalue weighted by Gasteiger charge is -2.03. The van der Waals surface area contributed by atoms with E-state index in [-0.39, 0.29) is 0 Å². The third kappa shape index (κ3) is 2.83. The van der Waals surface area contributed by atoms with E-state index in [9.17, 15) is 0 Å². The molecule has 0 saturated carbocycles. The molecule has 0 N–H and O–H groups in total. The maximum Gasteiger partial charge on any atom is 0.190 e. The highest BCUT2D eigenvalue weighted by atomic mass is 32.1. The van der Waals surface area contributed by atoms with E-state index < -0.39 is 0 Å². The number of hydrogen-bond donors (Lipinski definition) is 0. The van der Waals surface area contributed by atoms with E-state index in [0.29, 0.717) is 0 Å². The van der Waals surface area contributed by atoms with Crippen molar-refractivity contribution in [3.8, 4) is 11.3 Å². The molecule has 0 aliphatic rings. The van der Waals surface area contributed by atoms with Crippen LogP contribution in [0.5, 0.6) is 0 Å². The van der Waals surface area contributed by atoms with E-state index >= 15 is 0 Å². The van der Waals surface area contributed by atoms with E-state index in [2.05, 4.69) is 73.3 Å². The quantitative estimate of drug-likeness (QED) is 0.657. The zero-order valence-corrected chi connectivity index (χ0v) is 13.3. The standard InChI is InChI=1S/C18H18N2S/c1-13-9-10-16(11-14(13)2)19-18-20(3)17(12-21-18)15-7-5-4-6-8-15/h4-12H,1-3H3. The minimum atomic E-state index is 1.01. The van der Waals surface area contributed by atoms with Crippen molar-refractivity contribution in [3.05, 3.63) is 69.8 Å². The van der Waals surface area contributed by atoms with Gasteiger partial charge >= 0.3 is 0 Å². The van der Waals surface area contributed by atoms with Gasteiger partial charge in [-0.1, -0.05) is 36.4 Å². The van der Waals surface area contributed by atoms with Crippen LogP contribution >= 0.6 is 11.3 Å². The van der Waals surface area contributed by atoms with Crippen LogP contribution in [0.2, 0.25) is 0 Å². The fourth-order valence-corrected chi connectivity index (χ4v) is 3.17. The number of benzene rings is 2. The van der Waals surface area contributed by atoms with E-state index in [1.165, 1.54) is 22.4 Å². The van der Waals surface area contributed by atoms with Crippen molar-refractivity contribution in [2.45, 2.75) is 13.8 Å². The first-order valence-electron chi connectivity index (χ1n) is 6.97. The number of aromatic nitrogens is 1. The molecular weight excluding hydrogens is 276 g/mol. The van der Waals surface area contributed by atoms with Gasteiger partial charge < -0.3 is 4.57 Å². The topological polar surface area (TPSA) is 17.3 Å². The molecule has 0 spiro atoms. The summed E-state index contributed by atoms with van der Waals surface area (Å²) < 4.78 is 2.15. The molecule has 1 aromatic heterocycles. The van der Waals surface area contributed by atoms with Gasteiger partial charge in [0.1, 0.15) is 0 Å². The summed E-state index contributed by atoms with van der Waals surface area (Å²) in [6.45, 7) is 4.25. The highest BCUT2D eigenvalue weighted by Crippen LogP contribution is 2.20. The zero-order valence-electron chi connectivity index (χ0n) is 12.5. The van der Waals surface area contributed by atoms with E-state index in [1.807, 2.05) is 6.07 Å². The van der Waals surface area contributed by atoms with Gasteiger partial charge in [0.15, 0.2) is 4.80 Å². The van der Waals surface area contributed by atoms with Gasteiger partial charge in [-0.3, -0.25) is 0 Å². The summed E-state index contributed by atoms with van der Waals surface area (Å²) in [5, 5.41) is 2.16. The molecule has 2 aromatic carbocycles. The Kier molecular flexibility index (Phi) is 3.76. The van der Waals surface area contributed by atoms with Gasteiger partial charge in [0.2, 0.25) is 0 Å². The van der Waals surface area contributed by atoms with Crippen molar-refractivity contribution < 1.29 is 0 Å². The summed E-state index contributed by atoms with van der Waals surface area (Å²) >= 11 is 1.67. The zero-order chi connectivity index (χ0) is 14.8. The average molecular weight is 294 g/mol. The average Bonchev–Trinajstić information content (AvgIpc) is 2.85. The summed E-state index contributed by atoms with van der Waals surface area (Å²) in [6.07, 6.45) is 0. The van der Waals surface area contributed by atoms with Gasteiger partial charge in [0.25, 0.3) is 0 Å². The van der Waals surface area contributed by atoms with Crippen LogP contribution < -0.4 is 4.80 Å². The van der Waals surface area contributed by atoms with Gasteiger partial charge in [0.05, 0.1) is 11.4 Å². The summed E-state index contributed by atoms with van der Waals surface area (Å²) in [7, 11) is 2.07. The summed E-state index contributed by atoms with van der Waals surface area (Å²) in [6, 6.07) is 16.8. The first-order chi connectivity index (χ1) is 10.1. The molecule has 0 amide bonds. The molecule has 106 valence electrons. The van der Waals surface area contributed by atoms with Crippen LogP contribution in [0.15, 0.2) is 58.9 Å². The van der Waals surface area contributed by atoms with Crippen molar-refractivity contribution >= 4 is 17.0 Å². The molecular formula is C18H18N2S. The largest absolute Gasteiger partial charge is 0.320 e. The smallest absolute Gasteiger partial charge is 0.190 e. The fourth-order valence-electron chi connectivity index (χ4n) is 2.25. The molecule has 3 aromatic rings. The monoisotopic (exact) mass is 294 g/mol. The molecule has 0 saturated heterocycles. The Labute approximate surface area is 129 Å². The van der Waals surface area contributed by atoms with Crippen molar-refractivity contribution in [2.24, 2.45) is 12.0 Å². The third-order valence-electron chi connectivity index (χ3n) is 3.71. The maximum absolute atomic E-state index is 4.77. The highest BCUT2D eigenvalue weighted by molar-refractivity contribution is 7.07. The van der Waals surface area contributed by atoms with E-state index in [0.717, 1.165) is 10.5 Å². The predicted octanol–water partition coefficient (Wildman–Crippen LogP) is 4.60. The lowest BCUT2D eigenvalue weighted by atomic mass is 10.1. The molecule has 2 nitrogen and oxygen atoms in total. The molecule has 3 rings (SSSR count). The van der Waals surface area contributed by atoms with Crippen LogP contribution in [0.25, 0.3) is 11.3 Å². The second-order valence-electron chi connectivity index (χ2n) is 5.21. The van der Waals surface area contributed by atoms with Crippen LogP contribution in [-0.2, 0) is 7.05 Å². The van der Waals surface area contributed by atoms with Crippen LogP contribution in [0.1, 0.15) is 11.1 Å². The molecule has 0 unspecified atom stereocenters. The second kappa shape index (κ2) is 5.70. The Hall–Kier alpha value is -2.13. The minimum Gasteiger partial charge on any atom is -0.320 e. The molecule has 0 radical (unpaired) electrons. The first-order valence-corrected chi connectivity index (χ1v) is 7.85. The molecule has 0 aliphatic heterocycles. The lowest BCUT2D eigenvalue weighted by molar-refractivity contribution is 0.883. The van der Waals surface area contributed by atoms with Crippen LogP contribution in [0, 0.1) is 13.8 Å². The minimum absolute atomic E-state index is 1.01. The normalized spacial score (nSPS) is 11.9. The number of aryl methyl sites for hydroxylation is 2. The summed E-state index contributed by atoms with van der Waals surface area (Å²) in [4.78, 5) is 5.78. The Morgan fingerprint density at radius 2 is 1.71 bits per heavy atom. The molecule has 3 heteroatoms. The Balaban J connectivity index is 2.06. The number of rotatable bonds is 2. The van der Waals surface area contributed by atoms with Crippen molar-refractivity contribution in [3.63, 3.8) is 0 Å². The lowest BCUT2D eigenvalue weighted by Crippen LogP contribution is -2.10. The van der Waals surface area contributed by atoms with Gasteiger partial charge in [-0.25, -0.2) is 4.99 Å². The second-order valence-corrected chi connectivity index (χ2v) is 6.05.